The summed E-state index contributed by atoms with van der Waals surface area (Å²) in [6.07, 6.45) is 4.70. The maximum atomic E-state index is 12.5. The third-order valence-electron chi connectivity index (χ3n) is 4.07. The van der Waals surface area contributed by atoms with Crippen LogP contribution in [0.4, 0.5) is 0 Å². The first-order valence-electron chi connectivity index (χ1n) is 8.57. The number of amides is 1. The second-order valence-corrected chi connectivity index (χ2v) is 6.09. The van der Waals surface area contributed by atoms with Crippen LogP contribution < -0.4 is 4.74 Å². The fourth-order valence-corrected chi connectivity index (χ4v) is 2.70. The van der Waals surface area contributed by atoms with Gasteiger partial charge in [0.2, 0.25) is 0 Å². The van der Waals surface area contributed by atoms with Gasteiger partial charge in [0.05, 0.1) is 5.69 Å². The number of rotatable bonds is 8. The largest absolute Gasteiger partial charge is 0.487 e. The molecular weight excluding hydrogens is 330 g/mol. The predicted molar refractivity (Wildman–Crippen MR) is 99.4 cm³/mol. The van der Waals surface area contributed by atoms with Gasteiger partial charge in [0, 0.05) is 45.3 Å². The van der Waals surface area contributed by atoms with Crippen molar-refractivity contribution in [3.8, 4) is 5.75 Å². The van der Waals surface area contributed by atoms with Crippen molar-refractivity contribution < 1.29 is 14.3 Å². The van der Waals surface area contributed by atoms with Crippen molar-refractivity contribution >= 4 is 11.6 Å². The minimum Gasteiger partial charge on any atom is -0.487 e. The molecule has 0 saturated carbocycles. The van der Waals surface area contributed by atoms with E-state index in [1.54, 1.807) is 31.2 Å². The second kappa shape index (κ2) is 8.49. The Labute approximate surface area is 153 Å². The van der Waals surface area contributed by atoms with Gasteiger partial charge < -0.3 is 18.8 Å². The molecule has 0 fully saturated rings. The van der Waals surface area contributed by atoms with Crippen LogP contribution in [0, 0.1) is 0 Å². The van der Waals surface area contributed by atoms with Crippen LogP contribution in [0.1, 0.15) is 22.5 Å². The Morgan fingerprint density at radius 2 is 2.12 bits per heavy atom. The number of aromatic nitrogens is 2. The molecule has 3 rings (SSSR count). The molecule has 0 bridgehead atoms. The van der Waals surface area contributed by atoms with E-state index in [0.717, 1.165) is 17.8 Å². The van der Waals surface area contributed by atoms with Gasteiger partial charge in [-0.2, -0.15) is 0 Å². The van der Waals surface area contributed by atoms with Crippen molar-refractivity contribution in [3.63, 3.8) is 0 Å². The minimum atomic E-state index is -0.0284. The Balaban J connectivity index is 1.62. The highest BCUT2D eigenvalue weighted by atomic mass is 16.5. The Morgan fingerprint density at radius 3 is 2.92 bits per heavy atom. The topological polar surface area (TPSA) is 56.1 Å². The summed E-state index contributed by atoms with van der Waals surface area (Å²) in [6.45, 7) is 1.64. The first-order valence-corrected chi connectivity index (χ1v) is 8.57. The van der Waals surface area contributed by atoms with E-state index in [0.29, 0.717) is 31.1 Å². The lowest BCUT2D eigenvalue weighted by molar-refractivity contribution is 0.0779. The van der Waals surface area contributed by atoms with E-state index in [-0.39, 0.29) is 5.91 Å². The average Bonchev–Trinajstić information content (AvgIpc) is 3.09. The first-order chi connectivity index (χ1) is 12.7. The maximum absolute atomic E-state index is 12.5. The van der Waals surface area contributed by atoms with Gasteiger partial charge in [-0.25, -0.2) is 4.98 Å². The number of hydrogen-bond donors (Lipinski definition) is 0. The zero-order valence-electron chi connectivity index (χ0n) is 15.1. The van der Waals surface area contributed by atoms with Crippen LogP contribution in [0.15, 0.2) is 54.9 Å². The molecule has 6 nitrogen and oxygen atoms in total. The van der Waals surface area contributed by atoms with Gasteiger partial charge in [-0.1, -0.05) is 12.1 Å². The van der Waals surface area contributed by atoms with Crippen molar-refractivity contribution in [3.05, 3.63) is 66.1 Å². The van der Waals surface area contributed by atoms with Crippen LogP contribution in [-0.4, -0.2) is 47.5 Å². The highest BCUT2D eigenvalue weighted by molar-refractivity contribution is 5.94. The first kappa shape index (κ1) is 17.9. The molecule has 0 atom stereocenters. The summed E-state index contributed by atoms with van der Waals surface area (Å²) < 4.78 is 12.8. The average molecular weight is 353 g/mol. The van der Waals surface area contributed by atoms with E-state index in [2.05, 4.69) is 4.98 Å². The molecule has 0 radical (unpaired) electrons. The quantitative estimate of drug-likeness (QED) is 0.584. The van der Waals surface area contributed by atoms with Crippen LogP contribution in [0.3, 0.4) is 0 Å². The summed E-state index contributed by atoms with van der Waals surface area (Å²) in [5, 5.41) is 0. The van der Waals surface area contributed by atoms with E-state index < -0.39 is 0 Å². The smallest absolute Gasteiger partial charge is 0.253 e. The zero-order valence-corrected chi connectivity index (χ0v) is 15.1. The number of fused-ring (bicyclic) bond motifs is 1. The van der Waals surface area contributed by atoms with Crippen molar-refractivity contribution in [2.75, 3.05) is 27.3 Å². The standard InChI is InChI=1S/C20H23N3O3/c1-22(10-6-12-25-2)20(24)16-7-5-8-18(13-16)26-15-17-14-23-11-4-3-9-19(23)21-17/h3-5,7-9,11,13-14H,6,10,12,15H2,1-2H3. The third-order valence-corrected chi connectivity index (χ3v) is 4.07. The normalized spacial score (nSPS) is 10.8. The van der Waals surface area contributed by atoms with Crippen LogP contribution in [0.2, 0.25) is 0 Å². The molecule has 6 heteroatoms. The lowest BCUT2D eigenvalue weighted by Crippen LogP contribution is -2.28. The van der Waals surface area contributed by atoms with Crippen molar-refractivity contribution in [1.82, 2.24) is 14.3 Å². The molecule has 1 amide bonds. The lowest BCUT2D eigenvalue weighted by Gasteiger charge is -2.17. The van der Waals surface area contributed by atoms with E-state index in [1.807, 2.05) is 47.1 Å². The number of nitrogens with zero attached hydrogens (tertiary/aromatic N) is 3. The summed E-state index contributed by atoms with van der Waals surface area (Å²) >= 11 is 0. The van der Waals surface area contributed by atoms with Crippen LogP contribution in [0.25, 0.3) is 5.65 Å². The van der Waals surface area contributed by atoms with Gasteiger partial charge >= 0.3 is 0 Å². The van der Waals surface area contributed by atoms with Gasteiger partial charge in [0.25, 0.3) is 5.91 Å². The highest BCUT2D eigenvalue weighted by Crippen LogP contribution is 2.17. The van der Waals surface area contributed by atoms with Crippen molar-refractivity contribution in [1.29, 1.82) is 0 Å². The molecule has 26 heavy (non-hydrogen) atoms. The lowest BCUT2D eigenvalue weighted by atomic mass is 10.2. The van der Waals surface area contributed by atoms with E-state index in [1.165, 1.54) is 0 Å². The van der Waals surface area contributed by atoms with E-state index >= 15 is 0 Å². The molecule has 2 heterocycles. The monoisotopic (exact) mass is 353 g/mol. The Hall–Kier alpha value is -2.86. The van der Waals surface area contributed by atoms with Gasteiger partial charge in [0.1, 0.15) is 18.0 Å². The van der Waals surface area contributed by atoms with Crippen LogP contribution in [-0.2, 0) is 11.3 Å². The second-order valence-electron chi connectivity index (χ2n) is 6.09. The SMILES string of the molecule is COCCCN(C)C(=O)c1cccc(OCc2cn3ccccc3n2)c1. The Kier molecular flexibility index (Phi) is 5.86. The Morgan fingerprint density at radius 1 is 1.23 bits per heavy atom. The molecule has 0 aliphatic carbocycles. The molecule has 2 aromatic heterocycles. The molecular formula is C20H23N3O3. The number of carbonyl (C=O) groups is 1. The molecule has 0 spiro atoms. The molecule has 3 aromatic rings. The summed E-state index contributed by atoms with van der Waals surface area (Å²) in [7, 11) is 3.45. The van der Waals surface area contributed by atoms with Crippen LogP contribution >= 0.6 is 0 Å². The number of methoxy groups -OCH3 is 1. The Bertz CT molecular complexity index is 842. The summed E-state index contributed by atoms with van der Waals surface area (Å²) in [6, 6.07) is 13.1. The number of imidazole rings is 1. The van der Waals surface area contributed by atoms with Gasteiger partial charge in [-0.05, 0) is 36.8 Å². The number of ether oxygens (including phenoxy) is 2. The van der Waals surface area contributed by atoms with Crippen LogP contribution in [0.5, 0.6) is 5.75 Å². The number of benzene rings is 1. The molecule has 0 aliphatic rings. The predicted octanol–water partition coefficient (Wildman–Crippen LogP) is 3.02. The molecule has 0 aliphatic heterocycles. The van der Waals surface area contributed by atoms with Crippen molar-refractivity contribution in [2.24, 2.45) is 0 Å². The number of carbonyl (C=O) groups excluding carboxylic acids is 1. The fourth-order valence-electron chi connectivity index (χ4n) is 2.70. The van der Waals surface area contributed by atoms with Gasteiger partial charge in [-0.15, -0.1) is 0 Å². The highest BCUT2D eigenvalue weighted by Gasteiger charge is 2.12. The third kappa shape index (κ3) is 4.40. The minimum absolute atomic E-state index is 0.0284. The molecule has 0 unspecified atom stereocenters. The molecule has 0 N–H and O–H groups in total. The van der Waals surface area contributed by atoms with Gasteiger partial charge in [-0.3, -0.25) is 4.79 Å². The van der Waals surface area contributed by atoms with Gasteiger partial charge in [0.15, 0.2) is 0 Å². The summed E-state index contributed by atoms with van der Waals surface area (Å²) in [5.74, 6) is 0.623. The van der Waals surface area contributed by atoms with E-state index in [9.17, 15) is 4.79 Å². The summed E-state index contributed by atoms with van der Waals surface area (Å²) in [5.41, 5.74) is 2.33. The molecule has 136 valence electrons. The number of pyridine rings is 1. The summed E-state index contributed by atoms with van der Waals surface area (Å²) in [4.78, 5) is 18.7. The van der Waals surface area contributed by atoms with E-state index in [4.69, 9.17) is 9.47 Å². The fraction of sp³-hybridized carbons (Fsp3) is 0.300. The molecule has 1 aromatic carbocycles. The van der Waals surface area contributed by atoms with Crippen molar-refractivity contribution in [2.45, 2.75) is 13.0 Å². The zero-order chi connectivity index (χ0) is 18.4. The molecule has 0 saturated heterocycles. The maximum Gasteiger partial charge on any atom is 0.253 e. The number of hydrogen-bond acceptors (Lipinski definition) is 4.